The topological polar surface area (TPSA) is 66.5 Å². The van der Waals surface area contributed by atoms with Crippen molar-refractivity contribution in [1.29, 1.82) is 0 Å². The number of benzene rings is 2. The van der Waals surface area contributed by atoms with Gasteiger partial charge < -0.3 is 5.32 Å². The van der Waals surface area contributed by atoms with Gasteiger partial charge >= 0.3 is 0 Å². The monoisotopic (exact) mass is 446 g/mol. The highest BCUT2D eigenvalue weighted by atomic mass is 35.5. The summed E-state index contributed by atoms with van der Waals surface area (Å²) in [6.07, 6.45) is 3.04. The third-order valence-electron chi connectivity index (χ3n) is 6.32. The Labute approximate surface area is 183 Å². The maximum Gasteiger partial charge on any atom is 0.242 e. The van der Waals surface area contributed by atoms with E-state index < -0.39 is 14.6 Å². The first-order valence-corrected chi connectivity index (χ1v) is 12.3. The summed E-state index contributed by atoms with van der Waals surface area (Å²) in [5.41, 5.74) is 1.24. The van der Waals surface area contributed by atoms with E-state index >= 15 is 0 Å². The molecule has 2 aliphatic rings. The molecule has 1 heterocycles. The summed E-state index contributed by atoms with van der Waals surface area (Å²) in [6.45, 7) is 2.45. The second-order valence-corrected chi connectivity index (χ2v) is 11.0. The summed E-state index contributed by atoms with van der Waals surface area (Å²) >= 11 is 5.92. The number of halogens is 1. The van der Waals surface area contributed by atoms with Crippen LogP contribution in [0.4, 0.5) is 0 Å². The first-order chi connectivity index (χ1) is 14.4. The number of likely N-dealkylation sites (tertiary alicyclic amines) is 1. The molecule has 1 unspecified atom stereocenters. The molecular formula is C23H27ClN2O3S. The highest BCUT2D eigenvalue weighted by Crippen LogP contribution is 2.41. The van der Waals surface area contributed by atoms with Crippen LogP contribution < -0.4 is 5.32 Å². The normalized spacial score (nSPS) is 21.6. The van der Waals surface area contributed by atoms with Gasteiger partial charge in [-0.2, -0.15) is 0 Å². The summed E-state index contributed by atoms with van der Waals surface area (Å²) in [5.74, 6) is -0.346. The minimum Gasteiger partial charge on any atom is -0.351 e. The van der Waals surface area contributed by atoms with Crippen molar-refractivity contribution < 1.29 is 13.2 Å². The fraction of sp³-hybridized carbons (Fsp3) is 0.435. The predicted octanol–water partition coefficient (Wildman–Crippen LogP) is 3.82. The number of rotatable bonds is 6. The molecule has 30 heavy (non-hydrogen) atoms. The van der Waals surface area contributed by atoms with Crippen molar-refractivity contribution in [2.45, 2.75) is 54.3 Å². The Morgan fingerprint density at radius 3 is 2.40 bits per heavy atom. The van der Waals surface area contributed by atoms with Gasteiger partial charge in [-0.25, -0.2) is 8.42 Å². The van der Waals surface area contributed by atoms with Crippen molar-refractivity contribution in [2.24, 2.45) is 0 Å². The van der Waals surface area contributed by atoms with Crippen LogP contribution in [0, 0.1) is 0 Å². The van der Waals surface area contributed by atoms with Gasteiger partial charge in [0.1, 0.15) is 0 Å². The zero-order valence-electron chi connectivity index (χ0n) is 16.9. The van der Waals surface area contributed by atoms with Gasteiger partial charge in [0.05, 0.1) is 4.90 Å². The summed E-state index contributed by atoms with van der Waals surface area (Å²) < 4.78 is 25.6. The molecule has 0 aromatic heterocycles. The van der Waals surface area contributed by atoms with E-state index in [4.69, 9.17) is 11.6 Å². The Morgan fingerprint density at radius 2 is 1.73 bits per heavy atom. The largest absolute Gasteiger partial charge is 0.351 e. The van der Waals surface area contributed by atoms with Gasteiger partial charge in [-0.1, -0.05) is 54.8 Å². The van der Waals surface area contributed by atoms with E-state index in [1.165, 1.54) is 17.7 Å². The molecule has 0 radical (unpaired) electrons. The number of sulfone groups is 1. The van der Waals surface area contributed by atoms with E-state index in [-0.39, 0.29) is 16.8 Å². The molecule has 7 heteroatoms. The van der Waals surface area contributed by atoms with Crippen LogP contribution in [-0.4, -0.2) is 43.1 Å². The molecule has 2 fully saturated rings. The Morgan fingerprint density at radius 1 is 1.07 bits per heavy atom. The zero-order chi connectivity index (χ0) is 21.2. The minimum absolute atomic E-state index is 0.0286. The zero-order valence-corrected chi connectivity index (χ0v) is 18.5. The third kappa shape index (κ3) is 4.13. The SMILES string of the molecule is O=C(NC1CCN(Cc2ccccc2)C1)C1(S(=O)(=O)c2ccc(Cl)cc2)CCCC1. The first kappa shape index (κ1) is 21.3. The minimum atomic E-state index is -3.80. The Balaban J connectivity index is 1.47. The van der Waals surface area contributed by atoms with Crippen LogP contribution in [0.1, 0.15) is 37.7 Å². The summed E-state index contributed by atoms with van der Waals surface area (Å²) in [4.78, 5) is 15.8. The molecule has 0 spiro atoms. The summed E-state index contributed by atoms with van der Waals surface area (Å²) in [7, 11) is -3.80. The third-order valence-corrected chi connectivity index (χ3v) is 9.09. The Bertz CT molecular complexity index is 987. The number of carbonyl (C=O) groups excluding carboxylic acids is 1. The van der Waals surface area contributed by atoms with Gasteiger partial charge in [0.15, 0.2) is 14.6 Å². The molecule has 1 saturated heterocycles. The molecule has 1 atom stereocenters. The standard InChI is InChI=1S/C23H27ClN2O3S/c24-19-8-10-21(11-9-19)30(28,29)23(13-4-5-14-23)22(27)25-20-12-15-26(17-20)16-18-6-2-1-3-7-18/h1-3,6-11,20H,4-5,12-17H2,(H,25,27). The Hall–Kier alpha value is -1.89. The molecule has 2 aromatic carbocycles. The van der Waals surface area contributed by atoms with Gasteiger partial charge in [0.2, 0.25) is 5.91 Å². The molecule has 5 nitrogen and oxygen atoms in total. The number of nitrogens with one attached hydrogen (secondary N) is 1. The van der Waals surface area contributed by atoms with Crippen molar-refractivity contribution >= 4 is 27.3 Å². The fourth-order valence-electron chi connectivity index (χ4n) is 4.66. The van der Waals surface area contributed by atoms with Crippen molar-refractivity contribution in [2.75, 3.05) is 13.1 Å². The van der Waals surface area contributed by atoms with Crippen LogP contribution in [-0.2, 0) is 21.2 Å². The van der Waals surface area contributed by atoms with Crippen molar-refractivity contribution in [1.82, 2.24) is 10.2 Å². The van der Waals surface area contributed by atoms with Gasteiger partial charge in [0, 0.05) is 30.7 Å². The lowest BCUT2D eigenvalue weighted by Gasteiger charge is -2.29. The van der Waals surface area contributed by atoms with Crippen LogP contribution in [0.2, 0.25) is 5.02 Å². The quantitative estimate of drug-likeness (QED) is 0.732. The molecule has 0 bridgehead atoms. The van der Waals surface area contributed by atoms with E-state index in [9.17, 15) is 13.2 Å². The molecule has 1 amide bonds. The number of nitrogens with zero attached hydrogens (tertiary/aromatic N) is 1. The second kappa shape index (κ2) is 8.69. The van der Waals surface area contributed by atoms with Crippen LogP contribution in [0.15, 0.2) is 59.5 Å². The molecule has 1 aliphatic carbocycles. The lowest BCUT2D eigenvalue weighted by molar-refractivity contribution is -0.124. The number of hydrogen-bond acceptors (Lipinski definition) is 4. The van der Waals surface area contributed by atoms with Crippen LogP contribution in [0.5, 0.6) is 0 Å². The molecule has 1 aliphatic heterocycles. The van der Waals surface area contributed by atoms with E-state index in [0.29, 0.717) is 17.9 Å². The summed E-state index contributed by atoms with van der Waals surface area (Å²) in [5, 5.41) is 3.55. The molecule has 4 rings (SSSR count). The van der Waals surface area contributed by atoms with Crippen molar-refractivity contribution in [3.63, 3.8) is 0 Å². The van der Waals surface area contributed by atoms with Crippen LogP contribution in [0.25, 0.3) is 0 Å². The molecule has 1 saturated carbocycles. The van der Waals surface area contributed by atoms with E-state index in [1.807, 2.05) is 18.2 Å². The molecule has 160 valence electrons. The number of carbonyl (C=O) groups is 1. The smallest absolute Gasteiger partial charge is 0.242 e. The highest BCUT2D eigenvalue weighted by molar-refractivity contribution is 7.93. The van der Waals surface area contributed by atoms with E-state index in [0.717, 1.165) is 38.9 Å². The van der Waals surface area contributed by atoms with E-state index in [1.54, 1.807) is 12.1 Å². The van der Waals surface area contributed by atoms with Gasteiger partial charge in [-0.3, -0.25) is 9.69 Å². The summed E-state index contributed by atoms with van der Waals surface area (Å²) in [6, 6.07) is 16.3. The predicted molar refractivity (Wildman–Crippen MR) is 118 cm³/mol. The maximum atomic E-state index is 13.5. The lowest BCUT2D eigenvalue weighted by atomic mass is 10.1. The molecular weight excluding hydrogens is 420 g/mol. The average molecular weight is 447 g/mol. The van der Waals surface area contributed by atoms with Gasteiger partial charge in [-0.15, -0.1) is 0 Å². The maximum absolute atomic E-state index is 13.5. The molecule has 1 N–H and O–H groups in total. The molecule has 2 aromatic rings. The fourth-order valence-corrected chi connectivity index (χ4v) is 6.86. The Kier molecular flexibility index (Phi) is 6.19. The van der Waals surface area contributed by atoms with Crippen molar-refractivity contribution in [3.05, 3.63) is 65.2 Å². The highest BCUT2D eigenvalue weighted by Gasteiger charge is 2.53. The van der Waals surface area contributed by atoms with E-state index in [2.05, 4.69) is 22.3 Å². The number of hydrogen-bond donors (Lipinski definition) is 1. The first-order valence-electron chi connectivity index (χ1n) is 10.5. The number of amides is 1. The lowest BCUT2D eigenvalue weighted by Crippen LogP contribution is -2.53. The van der Waals surface area contributed by atoms with Gasteiger partial charge in [0.25, 0.3) is 0 Å². The second-order valence-electron chi connectivity index (χ2n) is 8.34. The van der Waals surface area contributed by atoms with Crippen LogP contribution in [0.3, 0.4) is 0 Å². The average Bonchev–Trinajstić information content (AvgIpc) is 3.40. The van der Waals surface area contributed by atoms with Crippen molar-refractivity contribution in [3.8, 4) is 0 Å². The van der Waals surface area contributed by atoms with Crippen LogP contribution >= 0.6 is 11.6 Å². The van der Waals surface area contributed by atoms with Gasteiger partial charge in [-0.05, 0) is 49.1 Å².